The summed E-state index contributed by atoms with van der Waals surface area (Å²) in [7, 11) is 0. The first-order valence-corrected chi connectivity index (χ1v) is 22.6. The van der Waals surface area contributed by atoms with E-state index in [-0.39, 0.29) is 0 Å². The third-order valence-electron chi connectivity index (χ3n) is 13.6. The Kier molecular flexibility index (Phi) is 6.77. The van der Waals surface area contributed by atoms with Crippen molar-refractivity contribution in [2.75, 3.05) is 0 Å². The molecule has 0 spiro atoms. The number of aromatic nitrogens is 5. The van der Waals surface area contributed by atoms with Crippen LogP contribution in [0.2, 0.25) is 0 Å². The molecule has 0 bridgehead atoms. The predicted octanol–water partition coefficient (Wildman–Crippen LogP) is 15.5. The van der Waals surface area contributed by atoms with Gasteiger partial charge in [0.2, 0.25) is 5.95 Å². The Bertz CT molecular complexity index is 4420. The van der Waals surface area contributed by atoms with E-state index in [1.807, 2.05) is 0 Å². The summed E-state index contributed by atoms with van der Waals surface area (Å²) in [6.07, 6.45) is 0. The van der Waals surface area contributed by atoms with Crippen LogP contribution in [0.3, 0.4) is 0 Å². The van der Waals surface area contributed by atoms with E-state index in [2.05, 4.69) is 214 Å². The Morgan fingerprint density at radius 2 is 0.938 bits per heavy atom. The average Bonchev–Trinajstić information content (AvgIpc) is 4.15. The smallest absolute Gasteiger partial charge is 0.236 e. The summed E-state index contributed by atoms with van der Waals surface area (Å²) in [5.41, 5.74) is 13.7. The van der Waals surface area contributed by atoms with Gasteiger partial charge in [0, 0.05) is 69.8 Å². The number of nitrogens with zero attached hydrogens (tertiary/aromatic N) is 5. The maximum Gasteiger partial charge on any atom is 0.236 e. The number of hydrogen-bond donors (Lipinski definition) is 0. The lowest BCUT2D eigenvalue weighted by atomic mass is 10.0. The Balaban J connectivity index is 1.06. The Morgan fingerprint density at radius 3 is 1.73 bits per heavy atom. The quantitative estimate of drug-likeness (QED) is 0.177. The fraction of sp³-hybridized carbons (Fsp3) is 0. The lowest BCUT2D eigenvalue weighted by molar-refractivity contribution is 1.02. The first-order chi connectivity index (χ1) is 31.8. The second kappa shape index (κ2) is 12.6. The third-order valence-corrected chi connectivity index (χ3v) is 14.7. The Morgan fingerprint density at radius 1 is 0.344 bits per heavy atom. The topological polar surface area (TPSA) is 40.0 Å². The van der Waals surface area contributed by atoms with Gasteiger partial charge in [0.25, 0.3) is 0 Å². The van der Waals surface area contributed by atoms with Crippen molar-refractivity contribution < 1.29 is 0 Å². The molecular weight excluding hydrogens is 799 g/mol. The minimum atomic E-state index is 0.664. The Labute approximate surface area is 369 Å². The van der Waals surface area contributed by atoms with Gasteiger partial charge in [0.05, 0.1) is 44.3 Å². The summed E-state index contributed by atoms with van der Waals surface area (Å²) in [6, 6.07) is 72.7. The molecular formula is C58H33N5S. The molecule has 0 amide bonds. The van der Waals surface area contributed by atoms with E-state index in [1.54, 1.807) is 11.3 Å². The van der Waals surface area contributed by atoms with Crippen LogP contribution >= 0.6 is 11.3 Å². The lowest BCUT2D eigenvalue weighted by Crippen LogP contribution is -2.02. The van der Waals surface area contributed by atoms with E-state index >= 15 is 0 Å². The van der Waals surface area contributed by atoms with Crippen molar-refractivity contribution in [3.05, 3.63) is 200 Å². The molecule has 296 valence electrons. The highest BCUT2D eigenvalue weighted by atomic mass is 32.1. The molecule has 6 heteroatoms. The molecule has 0 radical (unpaired) electrons. The van der Waals surface area contributed by atoms with Gasteiger partial charge in [0.1, 0.15) is 4.83 Å². The number of thiophene rings is 1. The van der Waals surface area contributed by atoms with Gasteiger partial charge in [-0.3, -0.25) is 4.57 Å². The summed E-state index contributed by atoms with van der Waals surface area (Å²) in [5, 5.41) is 12.1. The van der Waals surface area contributed by atoms with Crippen LogP contribution in [0.25, 0.3) is 136 Å². The van der Waals surface area contributed by atoms with Gasteiger partial charge in [-0.2, -0.15) is 0 Å². The van der Waals surface area contributed by atoms with E-state index in [0.29, 0.717) is 5.95 Å². The van der Waals surface area contributed by atoms with E-state index in [9.17, 15) is 0 Å². The summed E-state index contributed by atoms with van der Waals surface area (Å²) in [4.78, 5) is 12.3. The van der Waals surface area contributed by atoms with E-state index in [1.165, 1.54) is 86.4 Å². The molecule has 0 aliphatic carbocycles. The normalized spacial score (nSPS) is 12.4. The standard InChI is InChI=1S/C58H33N5S/c1-3-15-34(16-4-1)35-27-29-40-44-33-50-52(53-42-21-9-12-24-46(42)62(56(44)53)49(40)31-35)41-20-8-13-25-47(41)63(50)58-59-55(54-43-22-10-14-26-51(43)64-57(54)60-58)36-28-30-39-38-19-7-11-23-45(38)61(48(39)32-36)37-17-5-2-6-18-37/h1-33H. The van der Waals surface area contributed by atoms with Crippen LogP contribution in [-0.2, 0) is 0 Å². The van der Waals surface area contributed by atoms with Gasteiger partial charge in [-0.05, 0) is 65.7 Å². The highest BCUT2D eigenvalue weighted by Crippen LogP contribution is 2.48. The molecule has 0 fully saturated rings. The van der Waals surface area contributed by atoms with Crippen molar-refractivity contribution >= 4 is 113 Å². The highest BCUT2D eigenvalue weighted by Gasteiger charge is 2.26. The first kappa shape index (κ1) is 34.3. The predicted molar refractivity (Wildman–Crippen MR) is 269 cm³/mol. The van der Waals surface area contributed by atoms with E-state index in [4.69, 9.17) is 9.97 Å². The minimum Gasteiger partial charge on any atom is -0.309 e. The van der Waals surface area contributed by atoms with Gasteiger partial charge in [0.15, 0.2) is 0 Å². The molecule has 15 rings (SSSR count). The van der Waals surface area contributed by atoms with Crippen molar-refractivity contribution in [1.82, 2.24) is 23.5 Å². The fourth-order valence-corrected chi connectivity index (χ4v) is 12.0. The molecule has 5 nitrogen and oxygen atoms in total. The molecule has 64 heavy (non-hydrogen) atoms. The summed E-state index contributed by atoms with van der Waals surface area (Å²) in [6.45, 7) is 0. The average molecular weight is 832 g/mol. The van der Waals surface area contributed by atoms with Gasteiger partial charge in [-0.15, -0.1) is 11.3 Å². The van der Waals surface area contributed by atoms with Crippen molar-refractivity contribution in [2.45, 2.75) is 0 Å². The second-order valence-electron chi connectivity index (χ2n) is 16.9. The summed E-state index contributed by atoms with van der Waals surface area (Å²) >= 11 is 1.74. The van der Waals surface area contributed by atoms with Crippen molar-refractivity contribution in [3.63, 3.8) is 0 Å². The Hall–Kier alpha value is -8.32. The maximum absolute atomic E-state index is 5.73. The molecule has 0 saturated carbocycles. The van der Waals surface area contributed by atoms with Gasteiger partial charge < -0.3 is 8.97 Å². The number of para-hydroxylation sites is 4. The highest BCUT2D eigenvalue weighted by molar-refractivity contribution is 7.25. The second-order valence-corrected chi connectivity index (χ2v) is 17.9. The largest absolute Gasteiger partial charge is 0.309 e. The van der Waals surface area contributed by atoms with E-state index in [0.717, 1.165) is 43.7 Å². The fourth-order valence-electron chi connectivity index (χ4n) is 10.9. The third kappa shape index (κ3) is 4.51. The molecule has 6 aromatic heterocycles. The van der Waals surface area contributed by atoms with Gasteiger partial charge in [-0.1, -0.05) is 146 Å². The number of rotatable bonds is 4. The lowest BCUT2D eigenvalue weighted by Gasteiger charge is -2.12. The zero-order valence-electron chi connectivity index (χ0n) is 34.2. The molecule has 0 aliphatic rings. The molecule has 6 heterocycles. The van der Waals surface area contributed by atoms with Gasteiger partial charge >= 0.3 is 0 Å². The SMILES string of the molecule is c1ccc(-c2ccc3c4cc5c(c6ccccc6n5-c5nc(-c6ccc7c8ccccc8n(-c8ccccc8)c7c6)c6c(n5)sc5ccccc56)c5c6ccccc6n(c3c2)c45)cc1. The zero-order chi connectivity index (χ0) is 41.6. The van der Waals surface area contributed by atoms with Crippen LogP contribution in [0, 0.1) is 0 Å². The monoisotopic (exact) mass is 831 g/mol. The minimum absolute atomic E-state index is 0.664. The van der Waals surface area contributed by atoms with E-state index < -0.39 is 0 Å². The maximum atomic E-state index is 5.73. The molecule has 15 aromatic rings. The molecule has 9 aromatic carbocycles. The summed E-state index contributed by atoms with van der Waals surface area (Å²) < 4.78 is 8.41. The number of benzene rings is 9. The van der Waals surface area contributed by atoms with Crippen LogP contribution in [0.1, 0.15) is 0 Å². The van der Waals surface area contributed by atoms with Crippen molar-refractivity contribution in [1.29, 1.82) is 0 Å². The van der Waals surface area contributed by atoms with Crippen LogP contribution in [0.4, 0.5) is 0 Å². The number of fused-ring (bicyclic) bond motifs is 16. The molecule has 0 N–H and O–H groups in total. The van der Waals surface area contributed by atoms with Gasteiger partial charge in [-0.25, -0.2) is 9.97 Å². The van der Waals surface area contributed by atoms with Crippen LogP contribution < -0.4 is 0 Å². The molecule has 0 atom stereocenters. The molecule has 0 saturated heterocycles. The molecule has 0 aliphatic heterocycles. The van der Waals surface area contributed by atoms with Crippen LogP contribution in [-0.4, -0.2) is 23.5 Å². The van der Waals surface area contributed by atoms with Crippen LogP contribution in [0.15, 0.2) is 200 Å². The van der Waals surface area contributed by atoms with Crippen molar-refractivity contribution in [3.8, 4) is 34.0 Å². The first-order valence-electron chi connectivity index (χ1n) is 21.7. The number of hydrogen-bond acceptors (Lipinski definition) is 3. The molecule has 0 unspecified atom stereocenters. The van der Waals surface area contributed by atoms with Crippen molar-refractivity contribution in [2.24, 2.45) is 0 Å². The zero-order valence-corrected chi connectivity index (χ0v) is 35.0. The summed E-state index contributed by atoms with van der Waals surface area (Å²) in [5.74, 6) is 0.664. The van der Waals surface area contributed by atoms with Crippen LogP contribution in [0.5, 0.6) is 0 Å².